The molecule has 2 aromatic rings. The summed E-state index contributed by atoms with van der Waals surface area (Å²) in [5.41, 5.74) is 1.66. The minimum Gasteiger partial charge on any atom is -0.345 e. The molecule has 0 saturated heterocycles. The number of aryl methyl sites for hydroxylation is 1. The van der Waals surface area contributed by atoms with Gasteiger partial charge in [0, 0.05) is 4.47 Å². The van der Waals surface area contributed by atoms with Crippen molar-refractivity contribution in [3.63, 3.8) is 0 Å². The second-order valence-corrected chi connectivity index (χ2v) is 6.15. The van der Waals surface area contributed by atoms with Crippen LogP contribution in [-0.2, 0) is 0 Å². The van der Waals surface area contributed by atoms with Gasteiger partial charge in [-0.25, -0.2) is 4.39 Å². The van der Waals surface area contributed by atoms with E-state index in [-0.39, 0.29) is 17.8 Å². The quantitative estimate of drug-likeness (QED) is 0.805. The Kier molecular flexibility index (Phi) is 5.01. The van der Waals surface area contributed by atoms with E-state index in [1.165, 1.54) is 6.07 Å². The SMILES string of the molecule is Cc1ccc(C(C)NC(=O)c2cc(Br)ccc2Cl)cc1F. The molecule has 0 aliphatic rings. The largest absolute Gasteiger partial charge is 0.345 e. The van der Waals surface area contributed by atoms with Crippen molar-refractivity contribution in [2.75, 3.05) is 0 Å². The van der Waals surface area contributed by atoms with Gasteiger partial charge in [-0.3, -0.25) is 4.79 Å². The highest BCUT2D eigenvalue weighted by atomic mass is 79.9. The maximum Gasteiger partial charge on any atom is 0.253 e. The van der Waals surface area contributed by atoms with E-state index in [4.69, 9.17) is 11.6 Å². The van der Waals surface area contributed by atoms with Gasteiger partial charge in [-0.1, -0.05) is 39.7 Å². The van der Waals surface area contributed by atoms with Crippen LogP contribution in [0.5, 0.6) is 0 Å². The minimum absolute atomic E-state index is 0.283. The molecule has 0 heterocycles. The van der Waals surface area contributed by atoms with Gasteiger partial charge in [0.05, 0.1) is 16.6 Å². The normalized spacial score (nSPS) is 12.0. The van der Waals surface area contributed by atoms with Crippen LogP contribution in [0.2, 0.25) is 5.02 Å². The third kappa shape index (κ3) is 3.83. The van der Waals surface area contributed by atoms with E-state index >= 15 is 0 Å². The third-order valence-electron chi connectivity index (χ3n) is 3.22. The molecule has 0 aliphatic heterocycles. The lowest BCUT2D eigenvalue weighted by Gasteiger charge is -2.15. The molecular formula is C16H14BrClFNO. The number of hydrogen-bond donors (Lipinski definition) is 1. The third-order valence-corrected chi connectivity index (χ3v) is 4.04. The molecular weight excluding hydrogens is 357 g/mol. The molecule has 0 aromatic heterocycles. The molecule has 2 nitrogen and oxygen atoms in total. The van der Waals surface area contributed by atoms with Gasteiger partial charge in [-0.05, 0) is 49.2 Å². The number of carbonyl (C=O) groups is 1. The molecule has 0 fully saturated rings. The van der Waals surface area contributed by atoms with E-state index in [0.29, 0.717) is 21.7 Å². The topological polar surface area (TPSA) is 29.1 Å². The highest BCUT2D eigenvalue weighted by molar-refractivity contribution is 9.10. The number of rotatable bonds is 3. The lowest BCUT2D eigenvalue weighted by molar-refractivity contribution is 0.0940. The maximum atomic E-state index is 13.6. The van der Waals surface area contributed by atoms with Crippen LogP contribution in [0.15, 0.2) is 40.9 Å². The monoisotopic (exact) mass is 369 g/mol. The van der Waals surface area contributed by atoms with Crippen LogP contribution in [-0.4, -0.2) is 5.91 Å². The number of nitrogens with one attached hydrogen (secondary N) is 1. The first-order valence-electron chi connectivity index (χ1n) is 6.40. The van der Waals surface area contributed by atoms with Crippen molar-refractivity contribution in [3.8, 4) is 0 Å². The van der Waals surface area contributed by atoms with Gasteiger partial charge >= 0.3 is 0 Å². The Morgan fingerprint density at radius 3 is 2.67 bits per heavy atom. The van der Waals surface area contributed by atoms with Crippen LogP contribution in [0.1, 0.15) is 34.5 Å². The van der Waals surface area contributed by atoms with Gasteiger partial charge < -0.3 is 5.32 Å². The number of carbonyl (C=O) groups excluding carboxylic acids is 1. The van der Waals surface area contributed by atoms with Crippen molar-refractivity contribution in [1.29, 1.82) is 0 Å². The van der Waals surface area contributed by atoms with Crippen LogP contribution in [0.25, 0.3) is 0 Å². The molecule has 1 atom stereocenters. The van der Waals surface area contributed by atoms with Gasteiger partial charge in [0.1, 0.15) is 5.82 Å². The molecule has 0 bridgehead atoms. The fourth-order valence-corrected chi connectivity index (χ4v) is 2.47. The summed E-state index contributed by atoms with van der Waals surface area (Å²) in [5.74, 6) is -0.580. The van der Waals surface area contributed by atoms with Crippen molar-refractivity contribution in [3.05, 3.63) is 68.4 Å². The molecule has 1 unspecified atom stereocenters. The lowest BCUT2D eigenvalue weighted by atomic mass is 10.1. The summed E-state index contributed by atoms with van der Waals surface area (Å²) in [6, 6.07) is 9.67. The molecule has 1 amide bonds. The predicted molar refractivity (Wildman–Crippen MR) is 86.2 cm³/mol. The number of hydrogen-bond acceptors (Lipinski definition) is 1. The fourth-order valence-electron chi connectivity index (χ4n) is 1.91. The van der Waals surface area contributed by atoms with Crippen molar-refractivity contribution < 1.29 is 9.18 Å². The first-order chi connectivity index (χ1) is 9.88. The van der Waals surface area contributed by atoms with E-state index in [1.54, 1.807) is 44.2 Å². The van der Waals surface area contributed by atoms with Crippen LogP contribution in [0.4, 0.5) is 4.39 Å². The van der Waals surface area contributed by atoms with Crippen molar-refractivity contribution in [2.45, 2.75) is 19.9 Å². The van der Waals surface area contributed by atoms with E-state index in [2.05, 4.69) is 21.2 Å². The van der Waals surface area contributed by atoms with Crippen LogP contribution >= 0.6 is 27.5 Å². The summed E-state index contributed by atoms with van der Waals surface area (Å²) in [4.78, 5) is 12.2. The summed E-state index contributed by atoms with van der Waals surface area (Å²) >= 11 is 9.33. The standard InChI is InChI=1S/C16H14BrClFNO/c1-9-3-4-11(7-15(9)19)10(2)20-16(21)13-8-12(17)5-6-14(13)18/h3-8,10H,1-2H3,(H,20,21). The average Bonchev–Trinajstić information content (AvgIpc) is 2.44. The summed E-state index contributed by atoms with van der Waals surface area (Å²) in [6.07, 6.45) is 0. The highest BCUT2D eigenvalue weighted by Gasteiger charge is 2.15. The summed E-state index contributed by atoms with van der Waals surface area (Å²) in [6.45, 7) is 3.50. The molecule has 0 aliphatic carbocycles. The van der Waals surface area contributed by atoms with Crippen LogP contribution in [0, 0.1) is 12.7 Å². The van der Waals surface area contributed by atoms with Gasteiger partial charge in [-0.15, -0.1) is 0 Å². The minimum atomic E-state index is -0.317. The molecule has 5 heteroatoms. The van der Waals surface area contributed by atoms with Crippen molar-refractivity contribution in [1.82, 2.24) is 5.32 Å². The van der Waals surface area contributed by atoms with Gasteiger partial charge in [0.2, 0.25) is 0 Å². The molecule has 2 rings (SSSR count). The Morgan fingerprint density at radius 1 is 1.29 bits per heavy atom. The van der Waals surface area contributed by atoms with Crippen molar-refractivity contribution in [2.24, 2.45) is 0 Å². The molecule has 21 heavy (non-hydrogen) atoms. The average molecular weight is 371 g/mol. The Labute approximate surface area is 136 Å². The van der Waals surface area contributed by atoms with Crippen LogP contribution in [0.3, 0.4) is 0 Å². The van der Waals surface area contributed by atoms with Gasteiger partial charge in [0.25, 0.3) is 5.91 Å². The van der Waals surface area contributed by atoms with E-state index < -0.39 is 0 Å². The lowest BCUT2D eigenvalue weighted by Crippen LogP contribution is -2.27. The molecule has 0 saturated carbocycles. The number of benzene rings is 2. The molecule has 0 radical (unpaired) electrons. The van der Waals surface area contributed by atoms with E-state index in [1.807, 2.05) is 0 Å². The first-order valence-corrected chi connectivity index (χ1v) is 7.57. The molecule has 0 spiro atoms. The molecule has 2 aromatic carbocycles. The Morgan fingerprint density at radius 2 is 2.00 bits per heavy atom. The Hall–Kier alpha value is -1.39. The van der Waals surface area contributed by atoms with Gasteiger partial charge in [0.15, 0.2) is 0 Å². The second kappa shape index (κ2) is 6.58. The zero-order valence-corrected chi connectivity index (χ0v) is 13.9. The molecule has 110 valence electrons. The Balaban J connectivity index is 2.18. The number of amides is 1. The second-order valence-electron chi connectivity index (χ2n) is 4.83. The molecule has 1 N–H and O–H groups in total. The zero-order chi connectivity index (χ0) is 15.6. The first kappa shape index (κ1) is 16.0. The van der Waals surface area contributed by atoms with E-state index in [9.17, 15) is 9.18 Å². The number of halogens is 3. The summed E-state index contributed by atoms with van der Waals surface area (Å²) in [7, 11) is 0. The summed E-state index contributed by atoms with van der Waals surface area (Å²) in [5, 5.41) is 3.19. The van der Waals surface area contributed by atoms with Gasteiger partial charge in [-0.2, -0.15) is 0 Å². The van der Waals surface area contributed by atoms with Crippen molar-refractivity contribution >= 4 is 33.4 Å². The zero-order valence-electron chi connectivity index (χ0n) is 11.6. The maximum absolute atomic E-state index is 13.6. The highest BCUT2D eigenvalue weighted by Crippen LogP contribution is 2.22. The summed E-state index contributed by atoms with van der Waals surface area (Å²) < 4.78 is 14.3. The van der Waals surface area contributed by atoms with E-state index in [0.717, 1.165) is 4.47 Å². The predicted octanol–water partition coefficient (Wildman–Crippen LogP) is 5.04. The smallest absolute Gasteiger partial charge is 0.253 e. The van der Waals surface area contributed by atoms with Crippen LogP contribution < -0.4 is 5.32 Å². The fraction of sp³-hybridized carbons (Fsp3) is 0.188. The Bertz CT molecular complexity index is 690.